The van der Waals surface area contributed by atoms with Crippen LogP contribution in [-0.2, 0) is 4.74 Å². The van der Waals surface area contributed by atoms with E-state index >= 15 is 0 Å². The van der Waals surface area contributed by atoms with Gasteiger partial charge in [-0.25, -0.2) is 14.8 Å². The smallest absolute Gasteiger partial charge is 0.338 e. The molecule has 2 aromatic carbocycles. The summed E-state index contributed by atoms with van der Waals surface area (Å²) in [5, 5.41) is 4.76. The van der Waals surface area contributed by atoms with Gasteiger partial charge in [0, 0.05) is 42.4 Å². The molecule has 37 heavy (non-hydrogen) atoms. The Balaban J connectivity index is 1.45. The Morgan fingerprint density at radius 2 is 1.89 bits per heavy atom. The number of esters is 1. The number of nitrogens with zero attached hydrogens (tertiary/aromatic N) is 3. The first-order chi connectivity index (χ1) is 17.8. The molecular weight excluding hydrogens is 622 g/mol. The van der Waals surface area contributed by atoms with Crippen molar-refractivity contribution in [1.82, 2.24) is 9.97 Å². The Labute approximate surface area is 235 Å². The summed E-state index contributed by atoms with van der Waals surface area (Å²) in [6, 6.07) is 11.4. The molecule has 1 N–H and O–H groups in total. The number of aromatic nitrogens is 2. The second-order valence-corrected chi connectivity index (χ2v) is 15.1. The highest BCUT2D eigenvalue weighted by Crippen LogP contribution is 2.44. The monoisotopic (exact) mass is 648 g/mol. The van der Waals surface area contributed by atoms with Gasteiger partial charge in [0.2, 0.25) is 5.95 Å². The number of anilines is 3. The van der Waals surface area contributed by atoms with Crippen molar-refractivity contribution >= 4 is 67.4 Å². The Bertz CT molecular complexity index is 1400. The fraction of sp³-hybridized carbons (Fsp3) is 0.259. The van der Waals surface area contributed by atoms with E-state index in [-0.39, 0.29) is 0 Å². The largest absolute Gasteiger partial charge is 0.495 e. The van der Waals surface area contributed by atoms with Crippen LogP contribution in [0.5, 0.6) is 5.75 Å². The lowest BCUT2D eigenvalue weighted by atomic mass is 10.1. The standard InChI is InChI=1S/C27H27ClIN4O3P/c1-17-15-33(16-18(2)37(17)29)23-9-7-22(8-10-23)32-27-30-13-19(14-31-27)5-6-20-11-21(26(34)36-4)12-24(35-3)25(20)28/h7-14,17,37H,15-16H2,1-4H3,(H,30,31,32)/t17-/m1/s1. The van der Waals surface area contributed by atoms with Crippen molar-refractivity contribution < 1.29 is 14.3 Å². The van der Waals surface area contributed by atoms with Crippen LogP contribution in [-0.4, -0.2) is 54.2 Å². The quantitative estimate of drug-likeness (QED) is 0.157. The number of benzene rings is 2. The molecule has 2 atom stereocenters. The number of hydrogen-bond donors (Lipinski definition) is 1. The molecule has 4 rings (SSSR count). The number of halogens is 2. The van der Waals surface area contributed by atoms with Crippen molar-refractivity contribution in [2.45, 2.75) is 19.5 Å². The fourth-order valence-electron chi connectivity index (χ4n) is 4.01. The lowest BCUT2D eigenvalue weighted by molar-refractivity contribution is 0.0600. The second kappa shape index (κ2) is 12.2. The fourth-order valence-corrected chi connectivity index (χ4v) is 6.91. The molecule has 192 valence electrons. The molecule has 0 bridgehead atoms. The number of methoxy groups -OCH3 is 2. The SMILES string of the molecule is COC(=O)c1cc(C#Cc2cnc(Nc3ccc(N4CC(C)=[PH](I)[C@H](C)C4)cc3)nc2)c(Cl)c(OC)c1. The summed E-state index contributed by atoms with van der Waals surface area (Å²) in [4.78, 5) is 23.1. The van der Waals surface area contributed by atoms with Crippen LogP contribution in [0.3, 0.4) is 0 Å². The molecule has 0 fully saturated rings. The van der Waals surface area contributed by atoms with Crippen LogP contribution in [0.25, 0.3) is 0 Å². The van der Waals surface area contributed by atoms with Gasteiger partial charge < -0.3 is 19.7 Å². The summed E-state index contributed by atoms with van der Waals surface area (Å²) in [5.41, 5.74) is 4.19. The molecule has 2 heterocycles. The van der Waals surface area contributed by atoms with Gasteiger partial charge in [-0.05, 0) is 54.3 Å². The highest BCUT2D eigenvalue weighted by Gasteiger charge is 2.20. The van der Waals surface area contributed by atoms with Crippen molar-refractivity contribution in [3.05, 3.63) is 70.5 Å². The summed E-state index contributed by atoms with van der Waals surface area (Å²) < 4.78 is 10.0. The molecule has 1 aromatic heterocycles. The number of rotatable bonds is 5. The molecule has 1 aliphatic heterocycles. The van der Waals surface area contributed by atoms with Gasteiger partial charge in [0.05, 0.1) is 30.4 Å². The topological polar surface area (TPSA) is 76.6 Å². The summed E-state index contributed by atoms with van der Waals surface area (Å²) in [5.74, 6) is 6.26. The zero-order valence-corrected chi connectivity index (χ0v) is 24.8. The Morgan fingerprint density at radius 3 is 2.51 bits per heavy atom. The van der Waals surface area contributed by atoms with Gasteiger partial charge in [-0.15, -0.1) is 0 Å². The second-order valence-electron chi connectivity index (χ2n) is 8.66. The number of ether oxygens (including phenoxy) is 2. The Kier molecular flexibility index (Phi) is 9.01. The van der Waals surface area contributed by atoms with Gasteiger partial charge in [0.25, 0.3) is 0 Å². The summed E-state index contributed by atoms with van der Waals surface area (Å²) in [6.07, 6.45) is 3.26. The first-order valence-electron chi connectivity index (χ1n) is 11.6. The van der Waals surface area contributed by atoms with Crippen molar-refractivity contribution in [2.75, 3.05) is 37.5 Å². The van der Waals surface area contributed by atoms with E-state index in [1.54, 1.807) is 23.8 Å². The summed E-state index contributed by atoms with van der Waals surface area (Å²) in [7, 11) is 2.78. The zero-order valence-electron chi connectivity index (χ0n) is 20.9. The predicted molar refractivity (Wildman–Crippen MR) is 162 cm³/mol. The molecule has 0 aliphatic carbocycles. The molecule has 1 aliphatic rings. The van der Waals surface area contributed by atoms with E-state index in [0.717, 1.165) is 24.4 Å². The van der Waals surface area contributed by atoms with Gasteiger partial charge in [0.15, 0.2) is 0 Å². The minimum Gasteiger partial charge on any atom is -0.495 e. The number of nitrogens with one attached hydrogen (secondary N) is 1. The van der Waals surface area contributed by atoms with Crippen molar-refractivity contribution in [3.8, 4) is 17.6 Å². The normalized spacial score (nSPS) is 17.0. The van der Waals surface area contributed by atoms with Gasteiger partial charge >= 0.3 is 5.97 Å². The molecule has 0 saturated heterocycles. The van der Waals surface area contributed by atoms with Crippen molar-refractivity contribution in [3.63, 3.8) is 0 Å². The van der Waals surface area contributed by atoms with E-state index in [1.165, 1.54) is 26.0 Å². The van der Waals surface area contributed by atoms with Gasteiger partial charge in [-0.3, -0.25) is 0 Å². The van der Waals surface area contributed by atoms with E-state index in [9.17, 15) is 4.79 Å². The molecule has 7 nitrogen and oxygen atoms in total. The minimum absolute atomic E-state index is 0.300. The van der Waals surface area contributed by atoms with Crippen LogP contribution < -0.4 is 15.0 Å². The van der Waals surface area contributed by atoms with Crippen LogP contribution in [0.1, 0.15) is 35.3 Å². The maximum atomic E-state index is 11.9. The third kappa shape index (κ3) is 6.59. The molecule has 0 saturated carbocycles. The third-order valence-electron chi connectivity index (χ3n) is 5.92. The molecular formula is C27H27ClIN4O3P. The van der Waals surface area contributed by atoms with E-state index < -0.39 is 11.2 Å². The van der Waals surface area contributed by atoms with Crippen LogP contribution in [0.2, 0.25) is 5.02 Å². The lowest BCUT2D eigenvalue weighted by Crippen LogP contribution is -2.37. The third-order valence-corrected chi connectivity index (χ3v) is 14.3. The highest BCUT2D eigenvalue weighted by atomic mass is 127. The van der Waals surface area contributed by atoms with Gasteiger partial charge in [-0.2, -0.15) is 0 Å². The molecule has 0 amide bonds. The van der Waals surface area contributed by atoms with Crippen LogP contribution in [0.15, 0.2) is 48.8 Å². The predicted octanol–water partition coefficient (Wildman–Crippen LogP) is 6.03. The lowest BCUT2D eigenvalue weighted by Gasteiger charge is -2.34. The van der Waals surface area contributed by atoms with Crippen LogP contribution in [0, 0.1) is 11.8 Å². The molecule has 0 radical (unpaired) electrons. The van der Waals surface area contributed by atoms with E-state index in [0.29, 0.717) is 33.4 Å². The summed E-state index contributed by atoms with van der Waals surface area (Å²) in [6.45, 7) is 6.76. The minimum atomic E-state index is -0.501. The van der Waals surface area contributed by atoms with E-state index in [4.69, 9.17) is 21.1 Å². The maximum Gasteiger partial charge on any atom is 0.338 e. The molecule has 0 spiro atoms. The number of carbonyl (C=O) groups excluding carboxylic acids is 1. The first kappa shape index (κ1) is 27.3. The first-order valence-corrected chi connectivity index (χ1v) is 16.6. The summed E-state index contributed by atoms with van der Waals surface area (Å²) >= 11 is 9.02. The molecule has 1 unspecified atom stereocenters. The van der Waals surface area contributed by atoms with Gasteiger partial charge in [-0.1, -0.05) is 57.6 Å². The van der Waals surface area contributed by atoms with Crippen LogP contribution >= 0.6 is 38.8 Å². The Morgan fingerprint density at radius 1 is 1.19 bits per heavy atom. The highest BCUT2D eigenvalue weighted by molar-refractivity contribution is 14.2. The molecule has 10 heteroatoms. The number of hydrogen-bond acceptors (Lipinski definition) is 7. The average Bonchev–Trinajstić information content (AvgIpc) is 2.91. The maximum absolute atomic E-state index is 11.9. The van der Waals surface area contributed by atoms with E-state index in [2.05, 4.69) is 80.0 Å². The van der Waals surface area contributed by atoms with Crippen LogP contribution in [0.4, 0.5) is 17.3 Å². The zero-order chi connectivity index (χ0) is 26.5. The van der Waals surface area contributed by atoms with Crippen molar-refractivity contribution in [1.29, 1.82) is 0 Å². The van der Waals surface area contributed by atoms with E-state index in [1.807, 2.05) is 12.1 Å². The number of carbonyl (C=O) groups is 1. The Hall–Kier alpha value is -2.73. The van der Waals surface area contributed by atoms with Crippen molar-refractivity contribution in [2.24, 2.45) is 0 Å². The average molecular weight is 649 g/mol. The van der Waals surface area contributed by atoms with Gasteiger partial charge in [0.1, 0.15) is 5.75 Å². The molecule has 3 aromatic rings.